The molecule has 0 spiro atoms. The summed E-state index contributed by atoms with van der Waals surface area (Å²) < 4.78 is 5.00. The van der Waals surface area contributed by atoms with Crippen molar-refractivity contribution >= 4 is 76.0 Å². The number of aryl methyl sites for hydroxylation is 1. The quantitative estimate of drug-likeness (QED) is 0.542. The molecule has 3 aromatic rings. The lowest BCUT2D eigenvalue weighted by molar-refractivity contribution is 0.951. The van der Waals surface area contributed by atoms with Crippen molar-refractivity contribution < 1.29 is 0 Å². The minimum Gasteiger partial charge on any atom is -0.332 e. The molecule has 0 saturated carbocycles. The molecule has 0 radical (unpaired) electrons. The fourth-order valence-corrected chi connectivity index (χ4v) is 4.14. The van der Waals surface area contributed by atoms with Crippen LogP contribution in [0.2, 0.25) is 5.15 Å². The van der Waals surface area contributed by atoms with Gasteiger partial charge >= 0.3 is 0 Å². The van der Waals surface area contributed by atoms with E-state index < -0.39 is 0 Å². The largest absolute Gasteiger partial charge is 0.332 e. The highest BCUT2D eigenvalue weighted by Crippen LogP contribution is 2.42. The minimum absolute atomic E-state index is 0.439. The molecule has 82 valence electrons. The average molecular weight is 381 g/mol. The van der Waals surface area contributed by atoms with Gasteiger partial charge in [-0.25, -0.2) is 9.97 Å². The Labute approximate surface area is 117 Å². The van der Waals surface area contributed by atoms with Gasteiger partial charge in [0.1, 0.15) is 11.0 Å². The number of halogens is 3. The SMILES string of the molecule is Cn1cnc2c(Cl)nc3c(Br)c(Br)sc3c21. The first kappa shape index (κ1) is 11.0. The monoisotopic (exact) mass is 379 g/mol. The van der Waals surface area contributed by atoms with E-state index >= 15 is 0 Å². The van der Waals surface area contributed by atoms with Gasteiger partial charge in [-0.3, -0.25) is 0 Å². The minimum atomic E-state index is 0.439. The molecule has 0 saturated heterocycles. The van der Waals surface area contributed by atoms with Gasteiger partial charge in [-0.05, 0) is 31.9 Å². The Hall–Kier alpha value is -0.170. The highest BCUT2D eigenvalue weighted by Gasteiger charge is 2.17. The summed E-state index contributed by atoms with van der Waals surface area (Å²) in [5, 5.41) is 0.439. The van der Waals surface area contributed by atoms with Crippen LogP contribution in [0.1, 0.15) is 0 Å². The summed E-state index contributed by atoms with van der Waals surface area (Å²) >= 11 is 14.7. The number of hydrogen-bond donors (Lipinski definition) is 0. The van der Waals surface area contributed by atoms with Crippen LogP contribution in [0.5, 0.6) is 0 Å². The van der Waals surface area contributed by atoms with E-state index in [1.807, 2.05) is 11.6 Å². The Morgan fingerprint density at radius 2 is 2.12 bits per heavy atom. The molecule has 0 bridgehead atoms. The van der Waals surface area contributed by atoms with Crippen LogP contribution in [0.4, 0.5) is 0 Å². The van der Waals surface area contributed by atoms with Crippen LogP contribution in [0, 0.1) is 0 Å². The van der Waals surface area contributed by atoms with Gasteiger partial charge in [0.15, 0.2) is 5.15 Å². The van der Waals surface area contributed by atoms with Crippen molar-refractivity contribution in [1.29, 1.82) is 0 Å². The normalized spacial score (nSPS) is 11.8. The third kappa shape index (κ3) is 1.37. The van der Waals surface area contributed by atoms with E-state index in [4.69, 9.17) is 11.6 Å². The zero-order valence-corrected chi connectivity index (χ0v) is 12.7. The molecule has 0 N–H and O–H groups in total. The van der Waals surface area contributed by atoms with E-state index in [1.54, 1.807) is 17.7 Å². The summed E-state index contributed by atoms with van der Waals surface area (Å²) in [5.41, 5.74) is 2.64. The summed E-state index contributed by atoms with van der Waals surface area (Å²) in [7, 11) is 1.95. The van der Waals surface area contributed by atoms with Gasteiger partial charge in [-0.15, -0.1) is 11.3 Å². The highest BCUT2D eigenvalue weighted by molar-refractivity contribution is 9.13. The molecule has 0 fully saturated rings. The standard InChI is InChI=1S/C9H4Br2ClN3S/c1-15-2-13-5-6(15)7-4(14-9(5)12)3(10)8(11)16-7/h2H,1H3. The van der Waals surface area contributed by atoms with Gasteiger partial charge in [0.25, 0.3) is 0 Å². The third-order valence-corrected chi connectivity index (χ3v) is 6.03. The maximum absolute atomic E-state index is 6.11. The third-order valence-electron chi connectivity index (χ3n) is 2.34. The number of imidazole rings is 1. The number of fused-ring (bicyclic) bond motifs is 3. The molecule has 0 aliphatic rings. The van der Waals surface area contributed by atoms with E-state index in [-0.39, 0.29) is 0 Å². The molecular weight excluding hydrogens is 377 g/mol. The molecule has 0 amide bonds. The molecule has 3 rings (SSSR count). The summed E-state index contributed by atoms with van der Waals surface area (Å²) in [6.07, 6.45) is 1.75. The number of rotatable bonds is 0. The van der Waals surface area contributed by atoms with Crippen LogP contribution in [0.25, 0.3) is 21.3 Å². The molecule has 3 heterocycles. The smallest absolute Gasteiger partial charge is 0.157 e. The van der Waals surface area contributed by atoms with Crippen LogP contribution in [0.3, 0.4) is 0 Å². The van der Waals surface area contributed by atoms with Crippen molar-refractivity contribution in [2.24, 2.45) is 7.05 Å². The van der Waals surface area contributed by atoms with E-state index in [1.165, 1.54) is 0 Å². The lowest BCUT2D eigenvalue weighted by atomic mass is 10.3. The first-order valence-electron chi connectivity index (χ1n) is 4.33. The van der Waals surface area contributed by atoms with Crippen LogP contribution < -0.4 is 0 Å². The average Bonchev–Trinajstić information content (AvgIpc) is 2.74. The van der Waals surface area contributed by atoms with Crippen molar-refractivity contribution in [2.75, 3.05) is 0 Å². The highest BCUT2D eigenvalue weighted by atomic mass is 79.9. The molecule has 16 heavy (non-hydrogen) atoms. The van der Waals surface area contributed by atoms with Crippen LogP contribution in [-0.2, 0) is 7.05 Å². The molecule has 3 aromatic heterocycles. The number of pyridine rings is 1. The first-order valence-corrected chi connectivity index (χ1v) is 7.11. The van der Waals surface area contributed by atoms with Crippen LogP contribution in [-0.4, -0.2) is 14.5 Å². The maximum Gasteiger partial charge on any atom is 0.157 e. The van der Waals surface area contributed by atoms with Crippen LogP contribution >= 0.6 is 54.8 Å². The van der Waals surface area contributed by atoms with Crippen molar-refractivity contribution in [2.45, 2.75) is 0 Å². The molecular formula is C9H4Br2ClN3S. The lowest BCUT2D eigenvalue weighted by Crippen LogP contribution is -1.86. The summed E-state index contributed by atoms with van der Waals surface area (Å²) in [6.45, 7) is 0. The molecule has 0 atom stereocenters. The zero-order chi connectivity index (χ0) is 11.4. The predicted octanol–water partition coefficient (Wildman–Crippen LogP) is 4.36. The summed E-state index contributed by atoms with van der Waals surface area (Å²) in [6, 6.07) is 0. The second-order valence-corrected chi connectivity index (χ2v) is 6.81. The van der Waals surface area contributed by atoms with Crippen molar-refractivity contribution in [3.63, 3.8) is 0 Å². The van der Waals surface area contributed by atoms with E-state index in [9.17, 15) is 0 Å². The van der Waals surface area contributed by atoms with Crippen molar-refractivity contribution in [3.8, 4) is 0 Å². The van der Waals surface area contributed by atoms with Gasteiger partial charge < -0.3 is 4.57 Å². The Morgan fingerprint density at radius 3 is 2.88 bits per heavy atom. The topological polar surface area (TPSA) is 30.7 Å². The van der Waals surface area contributed by atoms with E-state index in [0.29, 0.717) is 5.15 Å². The van der Waals surface area contributed by atoms with Crippen molar-refractivity contribution in [1.82, 2.24) is 14.5 Å². The molecule has 0 aromatic carbocycles. The van der Waals surface area contributed by atoms with Gasteiger partial charge in [-0.1, -0.05) is 11.6 Å². The Bertz CT molecular complexity index is 718. The fourth-order valence-electron chi connectivity index (χ4n) is 1.64. The second-order valence-electron chi connectivity index (χ2n) is 3.32. The molecule has 7 heteroatoms. The van der Waals surface area contributed by atoms with Gasteiger partial charge in [0.2, 0.25) is 0 Å². The van der Waals surface area contributed by atoms with Gasteiger partial charge in [0, 0.05) is 7.05 Å². The van der Waals surface area contributed by atoms with E-state index in [2.05, 4.69) is 41.8 Å². The fraction of sp³-hybridized carbons (Fsp3) is 0.111. The Morgan fingerprint density at radius 1 is 1.38 bits per heavy atom. The van der Waals surface area contributed by atoms with E-state index in [0.717, 1.165) is 29.5 Å². The number of aromatic nitrogens is 3. The van der Waals surface area contributed by atoms with Crippen LogP contribution in [0.15, 0.2) is 14.6 Å². The molecule has 3 nitrogen and oxygen atoms in total. The van der Waals surface area contributed by atoms with Gasteiger partial charge in [0.05, 0.1) is 24.8 Å². The van der Waals surface area contributed by atoms with Crippen molar-refractivity contribution in [3.05, 3.63) is 19.7 Å². The number of thiophene rings is 1. The number of hydrogen-bond acceptors (Lipinski definition) is 3. The zero-order valence-electron chi connectivity index (χ0n) is 7.96. The maximum atomic E-state index is 6.11. The molecule has 0 aliphatic heterocycles. The molecule has 0 unspecified atom stereocenters. The second kappa shape index (κ2) is 3.66. The Kier molecular flexibility index (Phi) is 2.51. The summed E-state index contributed by atoms with van der Waals surface area (Å²) in [4.78, 5) is 8.61. The predicted molar refractivity (Wildman–Crippen MR) is 74.3 cm³/mol. The Balaban J connectivity index is 2.67. The van der Waals surface area contributed by atoms with Gasteiger partial charge in [-0.2, -0.15) is 0 Å². The molecule has 0 aliphatic carbocycles. The first-order chi connectivity index (χ1) is 7.59. The summed E-state index contributed by atoms with van der Waals surface area (Å²) in [5.74, 6) is 0. The number of nitrogens with zero attached hydrogens (tertiary/aromatic N) is 3. The lowest BCUT2D eigenvalue weighted by Gasteiger charge is -1.98.